The summed E-state index contributed by atoms with van der Waals surface area (Å²) in [7, 11) is 0. The van der Waals surface area contributed by atoms with Crippen molar-refractivity contribution in [1.82, 2.24) is 0 Å². The van der Waals surface area contributed by atoms with Crippen LogP contribution in [0.15, 0.2) is 53.0 Å². The molecule has 0 aliphatic rings. The summed E-state index contributed by atoms with van der Waals surface area (Å²) in [5, 5.41) is 5.35. The number of allylic oxidation sites excluding steroid dienone is 1. The molecule has 0 N–H and O–H groups in total. The standard InChI is InChI=1S/C13H9N3OS/c14-16-15-11-6-3-10(4-7-11)5-8-12(17)13-2-1-9-18-13/h1-9H. The second-order valence-corrected chi connectivity index (χ2v) is 4.40. The minimum atomic E-state index is -0.0101. The SMILES string of the molecule is [N-]=[N+]=Nc1ccc(C=CC(=O)c2cccs2)cc1. The molecule has 0 unspecified atom stereocenters. The molecule has 88 valence electrons. The summed E-state index contributed by atoms with van der Waals surface area (Å²) < 4.78 is 0. The normalized spacial score (nSPS) is 10.2. The van der Waals surface area contributed by atoms with Crippen molar-refractivity contribution in [3.63, 3.8) is 0 Å². The Labute approximate surface area is 108 Å². The maximum absolute atomic E-state index is 11.7. The van der Waals surface area contributed by atoms with Crippen molar-refractivity contribution in [2.24, 2.45) is 5.11 Å². The molecular formula is C13H9N3OS. The molecule has 0 radical (unpaired) electrons. The fourth-order valence-electron chi connectivity index (χ4n) is 1.38. The lowest BCUT2D eigenvalue weighted by Gasteiger charge is -1.94. The average molecular weight is 255 g/mol. The van der Waals surface area contributed by atoms with Crippen molar-refractivity contribution >= 4 is 28.9 Å². The Morgan fingerprint density at radius 1 is 1.28 bits per heavy atom. The van der Waals surface area contributed by atoms with E-state index in [4.69, 9.17) is 5.53 Å². The summed E-state index contributed by atoms with van der Waals surface area (Å²) in [6, 6.07) is 10.6. The lowest BCUT2D eigenvalue weighted by Crippen LogP contribution is -1.88. The molecule has 0 aliphatic carbocycles. The highest BCUT2D eigenvalue weighted by Gasteiger charge is 2.01. The van der Waals surface area contributed by atoms with Crippen LogP contribution in [0.25, 0.3) is 16.5 Å². The summed E-state index contributed by atoms with van der Waals surface area (Å²) >= 11 is 1.42. The third kappa shape index (κ3) is 3.07. The van der Waals surface area contributed by atoms with Gasteiger partial charge in [-0.05, 0) is 28.6 Å². The van der Waals surface area contributed by atoms with Crippen molar-refractivity contribution in [2.75, 3.05) is 0 Å². The average Bonchev–Trinajstić information content (AvgIpc) is 2.92. The number of azide groups is 1. The van der Waals surface area contributed by atoms with Gasteiger partial charge in [-0.25, -0.2) is 0 Å². The Bertz CT molecular complexity index is 608. The van der Waals surface area contributed by atoms with Crippen LogP contribution in [0.4, 0.5) is 5.69 Å². The number of benzene rings is 1. The van der Waals surface area contributed by atoms with Gasteiger partial charge in [0.1, 0.15) is 0 Å². The molecule has 0 spiro atoms. The lowest BCUT2D eigenvalue weighted by molar-refractivity contribution is 0.105. The van der Waals surface area contributed by atoms with E-state index in [0.29, 0.717) is 5.69 Å². The first-order valence-electron chi connectivity index (χ1n) is 5.20. The Balaban J connectivity index is 2.09. The Kier molecular flexibility index (Phi) is 3.91. The second-order valence-electron chi connectivity index (χ2n) is 3.46. The van der Waals surface area contributed by atoms with E-state index < -0.39 is 0 Å². The number of nitrogens with zero attached hydrogens (tertiary/aromatic N) is 3. The highest BCUT2D eigenvalue weighted by molar-refractivity contribution is 7.12. The molecule has 1 heterocycles. The first-order chi connectivity index (χ1) is 8.79. The van der Waals surface area contributed by atoms with E-state index in [9.17, 15) is 4.79 Å². The quantitative estimate of drug-likeness (QED) is 0.259. The van der Waals surface area contributed by atoms with Crippen molar-refractivity contribution in [1.29, 1.82) is 0 Å². The Morgan fingerprint density at radius 2 is 2.06 bits per heavy atom. The summed E-state index contributed by atoms with van der Waals surface area (Å²) in [5.74, 6) is -0.0101. The molecule has 1 aromatic heterocycles. The molecule has 0 atom stereocenters. The number of rotatable bonds is 4. The molecule has 0 fully saturated rings. The summed E-state index contributed by atoms with van der Waals surface area (Å²) in [4.78, 5) is 15.1. The molecule has 2 rings (SSSR count). The number of hydrogen-bond donors (Lipinski definition) is 0. The van der Waals surface area contributed by atoms with Crippen molar-refractivity contribution in [3.8, 4) is 0 Å². The predicted octanol–water partition coefficient (Wildman–Crippen LogP) is 4.59. The maximum Gasteiger partial charge on any atom is 0.195 e. The Hall–Kier alpha value is -2.36. The fourth-order valence-corrected chi connectivity index (χ4v) is 2.02. The largest absolute Gasteiger partial charge is 0.288 e. The molecule has 5 heteroatoms. The number of thiophene rings is 1. The zero-order valence-electron chi connectivity index (χ0n) is 9.35. The third-order valence-corrected chi connectivity index (χ3v) is 3.13. The number of carbonyl (C=O) groups is 1. The molecule has 0 saturated carbocycles. The van der Waals surface area contributed by atoms with Gasteiger partial charge in [0.2, 0.25) is 0 Å². The Morgan fingerprint density at radius 3 is 2.67 bits per heavy atom. The summed E-state index contributed by atoms with van der Waals surface area (Å²) in [5.41, 5.74) is 9.71. The predicted molar refractivity (Wildman–Crippen MR) is 72.9 cm³/mol. The molecule has 4 nitrogen and oxygen atoms in total. The van der Waals surface area contributed by atoms with Crippen molar-refractivity contribution in [2.45, 2.75) is 0 Å². The number of carbonyl (C=O) groups excluding carboxylic acids is 1. The third-order valence-electron chi connectivity index (χ3n) is 2.24. The molecular weight excluding hydrogens is 246 g/mol. The zero-order valence-corrected chi connectivity index (χ0v) is 10.2. The molecule has 18 heavy (non-hydrogen) atoms. The van der Waals surface area contributed by atoms with Gasteiger partial charge >= 0.3 is 0 Å². The van der Waals surface area contributed by atoms with E-state index in [1.807, 2.05) is 11.4 Å². The van der Waals surface area contributed by atoms with Crippen LogP contribution in [-0.2, 0) is 0 Å². The van der Waals surface area contributed by atoms with Gasteiger partial charge in [0.15, 0.2) is 5.78 Å². The number of ketones is 1. The first kappa shape index (κ1) is 12.1. The summed E-state index contributed by atoms with van der Waals surface area (Å²) in [6.45, 7) is 0. The lowest BCUT2D eigenvalue weighted by atomic mass is 10.1. The van der Waals surface area contributed by atoms with E-state index in [-0.39, 0.29) is 5.78 Å². The monoisotopic (exact) mass is 255 g/mol. The number of hydrogen-bond acceptors (Lipinski definition) is 3. The second kappa shape index (κ2) is 5.82. The maximum atomic E-state index is 11.7. The van der Waals surface area contributed by atoms with Gasteiger partial charge in [-0.2, -0.15) is 0 Å². The first-order valence-corrected chi connectivity index (χ1v) is 6.08. The van der Waals surface area contributed by atoms with Gasteiger partial charge in [0.25, 0.3) is 0 Å². The van der Waals surface area contributed by atoms with Crippen LogP contribution < -0.4 is 0 Å². The van der Waals surface area contributed by atoms with Gasteiger partial charge in [0, 0.05) is 10.6 Å². The van der Waals surface area contributed by atoms with Crippen LogP contribution in [0.3, 0.4) is 0 Å². The molecule has 0 bridgehead atoms. The van der Waals surface area contributed by atoms with Crippen LogP contribution in [-0.4, -0.2) is 5.78 Å². The van der Waals surface area contributed by atoms with Crippen LogP contribution in [0.5, 0.6) is 0 Å². The smallest absolute Gasteiger partial charge is 0.195 e. The van der Waals surface area contributed by atoms with Gasteiger partial charge in [-0.3, -0.25) is 4.79 Å². The molecule has 2 aromatic rings. The van der Waals surface area contributed by atoms with Gasteiger partial charge in [0.05, 0.1) is 4.88 Å². The highest BCUT2D eigenvalue weighted by atomic mass is 32.1. The van der Waals surface area contributed by atoms with Crippen LogP contribution in [0.2, 0.25) is 0 Å². The molecule has 1 aromatic carbocycles. The van der Waals surface area contributed by atoms with Crippen LogP contribution in [0.1, 0.15) is 15.2 Å². The zero-order chi connectivity index (χ0) is 12.8. The minimum absolute atomic E-state index is 0.0101. The van der Waals surface area contributed by atoms with E-state index in [1.165, 1.54) is 17.4 Å². The van der Waals surface area contributed by atoms with E-state index in [0.717, 1.165) is 10.4 Å². The molecule has 0 aliphatic heterocycles. The fraction of sp³-hybridized carbons (Fsp3) is 0. The van der Waals surface area contributed by atoms with Gasteiger partial charge < -0.3 is 0 Å². The summed E-state index contributed by atoms with van der Waals surface area (Å²) in [6.07, 6.45) is 3.27. The van der Waals surface area contributed by atoms with Crippen LogP contribution >= 0.6 is 11.3 Å². The van der Waals surface area contributed by atoms with E-state index >= 15 is 0 Å². The van der Waals surface area contributed by atoms with E-state index in [1.54, 1.807) is 36.4 Å². The molecule has 0 saturated heterocycles. The van der Waals surface area contributed by atoms with Crippen LogP contribution in [0, 0.1) is 0 Å². The minimum Gasteiger partial charge on any atom is -0.288 e. The van der Waals surface area contributed by atoms with Crippen molar-refractivity contribution in [3.05, 3.63) is 68.7 Å². The highest BCUT2D eigenvalue weighted by Crippen LogP contribution is 2.15. The topological polar surface area (TPSA) is 65.8 Å². The van der Waals surface area contributed by atoms with E-state index in [2.05, 4.69) is 10.0 Å². The van der Waals surface area contributed by atoms with Crippen molar-refractivity contribution < 1.29 is 4.79 Å². The van der Waals surface area contributed by atoms with Gasteiger partial charge in [-0.1, -0.05) is 41.5 Å². The molecule has 0 amide bonds. The van der Waals surface area contributed by atoms with Gasteiger partial charge in [-0.15, -0.1) is 11.3 Å².